The number of nitro groups is 1. The maximum absolute atomic E-state index is 13.0. The number of non-ortho nitro benzene ring substituents is 1. The topological polar surface area (TPSA) is 101 Å². The van der Waals surface area contributed by atoms with E-state index >= 15 is 0 Å². The van der Waals surface area contributed by atoms with Gasteiger partial charge in [-0.2, -0.15) is 0 Å². The number of likely N-dealkylation sites (tertiary alicyclic amines) is 1. The SMILES string of the molecule is Cc1ccc(C(O)=C2C(=O)C(=O)N(Cc3ccccc3)C2c2cccc([N+](=O)[O-])c2)cc1. The van der Waals surface area contributed by atoms with Gasteiger partial charge in [-0.05, 0) is 18.1 Å². The molecule has 1 atom stereocenters. The first-order chi connectivity index (χ1) is 15.4. The fourth-order valence-corrected chi connectivity index (χ4v) is 3.85. The lowest BCUT2D eigenvalue weighted by atomic mass is 9.94. The number of hydrogen-bond donors (Lipinski definition) is 1. The van der Waals surface area contributed by atoms with Crippen LogP contribution in [0.4, 0.5) is 5.69 Å². The molecule has 0 saturated carbocycles. The molecule has 0 spiro atoms. The number of aryl methyl sites for hydroxylation is 1. The number of nitro benzene ring substituents is 1. The van der Waals surface area contributed by atoms with Crippen LogP contribution in [0.2, 0.25) is 0 Å². The predicted molar refractivity (Wildman–Crippen MR) is 119 cm³/mol. The molecule has 3 aromatic carbocycles. The zero-order valence-corrected chi connectivity index (χ0v) is 17.3. The van der Waals surface area contributed by atoms with Crippen LogP contribution < -0.4 is 0 Å². The largest absolute Gasteiger partial charge is 0.507 e. The Morgan fingerprint density at radius 3 is 2.34 bits per heavy atom. The van der Waals surface area contributed by atoms with Crippen molar-refractivity contribution in [1.82, 2.24) is 4.90 Å². The maximum Gasteiger partial charge on any atom is 0.295 e. The standard InChI is InChI=1S/C25H20N2O5/c1-16-10-12-18(13-11-16)23(28)21-22(19-8-5-9-20(14-19)27(31)32)26(25(30)24(21)29)15-17-6-3-2-4-7-17/h2-14,22,28H,15H2,1H3. The van der Waals surface area contributed by atoms with Crippen molar-refractivity contribution in [2.75, 3.05) is 0 Å². The number of aliphatic hydroxyl groups excluding tert-OH is 1. The number of hydrogen-bond acceptors (Lipinski definition) is 5. The predicted octanol–water partition coefficient (Wildman–Crippen LogP) is 4.53. The van der Waals surface area contributed by atoms with Crippen molar-refractivity contribution < 1.29 is 19.6 Å². The van der Waals surface area contributed by atoms with Crippen LogP contribution in [0.15, 0.2) is 84.4 Å². The van der Waals surface area contributed by atoms with Crippen molar-refractivity contribution >= 4 is 23.1 Å². The molecule has 0 aromatic heterocycles. The summed E-state index contributed by atoms with van der Waals surface area (Å²) in [5.74, 6) is -1.90. The van der Waals surface area contributed by atoms with E-state index in [2.05, 4.69) is 0 Å². The van der Waals surface area contributed by atoms with Crippen molar-refractivity contribution in [2.24, 2.45) is 0 Å². The molecule has 0 bridgehead atoms. The molecule has 160 valence electrons. The molecule has 1 aliphatic heterocycles. The van der Waals surface area contributed by atoms with Gasteiger partial charge in [-0.15, -0.1) is 0 Å². The Hall–Kier alpha value is -4.26. The Bertz CT molecular complexity index is 1230. The first-order valence-corrected chi connectivity index (χ1v) is 10.0. The highest BCUT2D eigenvalue weighted by Gasteiger charge is 2.46. The summed E-state index contributed by atoms with van der Waals surface area (Å²) in [5, 5.41) is 22.4. The Balaban J connectivity index is 1.89. The van der Waals surface area contributed by atoms with E-state index in [9.17, 15) is 24.8 Å². The smallest absolute Gasteiger partial charge is 0.295 e. The third kappa shape index (κ3) is 3.88. The Morgan fingerprint density at radius 2 is 1.69 bits per heavy atom. The molecule has 1 unspecified atom stereocenters. The zero-order chi connectivity index (χ0) is 22.8. The Kier molecular flexibility index (Phi) is 5.55. The molecule has 1 aliphatic rings. The average molecular weight is 428 g/mol. The summed E-state index contributed by atoms with van der Waals surface area (Å²) in [5.41, 5.74) is 2.28. The van der Waals surface area contributed by atoms with Gasteiger partial charge in [0.2, 0.25) is 0 Å². The van der Waals surface area contributed by atoms with E-state index in [0.29, 0.717) is 11.1 Å². The van der Waals surface area contributed by atoms with Gasteiger partial charge in [-0.1, -0.05) is 72.3 Å². The van der Waals surface area contributed by atoms with Gasteiger partial charge in [-0.3, -0.25) is 19.7 Å². The fourth-order valence-electron chi connectivity index (χ4n) is 3.85. The summed E-state index contributed by atoms with van der Waals surface area (Å²) in [7, 11) is 0. The molecule has 7 heteroatoms. The number of ketones is 1. The fraction of sp³-hybridized carbons (Fsp3) is 0.120. The van der Waals surface area contributed by atoms with E-state index in [1.54, 1.807) is 30.3 Å². The summed E-state index contributed by atoms with van der Waals surface area (Å²) < 4.78 is 0. The Labute approximate surface area is 184 Å². The second-order valence-electron chi connectivity index (χ2n) is 7.63. The van der Waals surface area contributed by atoms with Gasteiger partial charge >= 0.3 is 0 Å². The monoisotopic (exact) mass is 428 g/mol. The summed E-state index contributed by atoms with van der Waals surface area (Å²) in [6.07, 6.45) is 0. The summed E-state index contributed by atoms with van der Waals surface area (Å²) in [6, 6.07) is 20.9. The van der Waals surface area contributed by atoms with Crippen molar-refractivity contribution in [1.29, 1.82) is 0 Å². The lowest BCUT2D eigenvalue weighted by Gasteiger charge is -2.25. The van der Waals surface area contributed by atoms with Gasteiger partial charge in [0.15, 0.2) is 0 Å². The minimum absolute atomic E-state index is 0.0877. The van der Waals surface area contributed by atoms with Gasteiger partial charge < -0.3 is 10.0 Å². The summed E-state index contributed by atoms with van der Waals surface area (Å²) in [6.45, 7) is 2.01. The molecule has 3 aromatic rings. The number of benzene rings is 3. The highest BCUT2D eigenvalue weighted by Crippen LogP contribution is 2.41. The van der Waals surface area contributed by atoms with Crippen molar-refractivity contribution in [3.8, 4) is 0 Å². The molecular formula is C25H20N2O5. The molecule has 7 nitrogen and oxygen atoms in total. The quantitative estimate of drug-likeness (QED) is 0.212. The number of nitrogens with zero attached hydrogens (tertiary/aromatic N) is 2. The van der Waals surface area contributed by atoms with E-state index < -0.39 is 22.7 Å². The van der Waals surface area contributed by atoms with Crippen LogP contribution in [0.25, 0.3) is 5.76 Å². The molecule has 1 N–H and O–H groups in total. The lowest BCUT2D eigenvalue weighted by Crippen LogP contribution is -2.29. The second-order valence-corrected chi connectivity index (χ2v) is 7.63. The number of carbonyl (C=O) groups is 2. The summed E-state index contributed by atoms with van der Waals surface area (Å²) >= 11 is 0. The molecule has 0 aliphatic carbocycles. The third-order valence-electron chi connectivity index (χ3n) is 5.46. The molecule has 32 heavy (non-hydrogen) atoms. The highest BCUT2D eigenvalue weighted by atomic mass is 16.6. The van der Waals surface area contributed by atoms with Crippen LogP contribution in [0.5, 0.6) is 0 Å². The number of aliphatic hydroxyl groups is 1. The lowest BCUT2D eigenvalue weighted by molar-refractivity contribution is -0.384. The van der Waals surface area contributed by atoms with Gasteiger partial charge in [0.1, 0.15) is 5.76 Å². The van der Waals surface area contributed by atoms with Crippen molar-refractivity contribution in [3.63, 3.8) is 0 Å². The van der Waals surface area contributed by atoms with Crippen molar-refractivity contribution in [2.45, 2.75) is 19.5 Å². The molecule has 0 radical (unpaired) electrons. The first-order valence-electron chi connectivity index (χ1n) is 10.0. The molecule has 1 heterocycles. The van der Waals surface area contributed by atoms with E-state index in [4.69, 9.17) is 0 Å². The molecular weight excluding hydrogens is 408 g/mol. The van der Waals surface area contributed by atoms with Crippen LogP contribution in [-0.2, 0) is 16.1 Å². The molecule has 1 amide bonds. The normalized spacial score (nSPS) is 17.5. The van der Waals surface area contributed by atoms with Crippen molar-refractivity contribution in [3.05, 3.63) is 117 Å². The first kappa shape index (κ1) is 21.0. The van der Waals surface area contributed by atoms with E-state index in [1.807, 2.05) is 37.3 Å². The van der Waals surface area contributed by atoms with Crippen LogP contribution >= 0.6 is 0 Å². The molecule has 4 rings (SSSR count). The van der Waals surface area contributed by atoms with Crippen LogP contribution in [0, 0.1) is 17.0 Å². The Morgan fingerprint density at radius 1 is 1.00 bits per heavy atom. The minimum atomic E-state index is -0.962. The van der Waals surface area contributed by atoms with Gasteiger partial charge in [0, 0.05) is 24.2 Å². The number of carbonyl (C=O) groups excluding carboxylic acids is 2. The van der Waals surface area contributed by atoms with Crippen LogP contribution in [0.3, 0.4) is 0 Å². The van der Waals surface area contributed by atoms with Gasteiger partial charge in [-0.25, -0.2) is 0 Å². The molecule has 1 fully saturated rings. The van der Waals surface area contributed by atoms with Crippen LogP contribution in [-0.4, -0.2) is 26.6 Å². The third-order valence-corrected chi connectivity index (χ3v) is 5.46. The van der Waals surface area contributed by atoms with E-state index in [1.165, 1.54) is 23.1 Å². The number of rotatable bonds is 5. The second kappa shape index (κ2) is 8.47. The number of amides is 1. The average Bonchev–Trinajstić information content (AvgIpc) is 3.05. The summed E-state index contributed by atoms with van der Waals surface area (Å²) in [4.78, 5) is 38.2. The van der Waals surface area contributed by atoms with Gasteiger partial charge in [0.25, 0.3) is 17.4 Å². The van der Waals surface area contributed by atoms with E-state index in [-0.39, 0.29) is 23.6 Å². The minimum Gasteiger partial charge on any atom is -0.507 e. The molecule has 1 saturated heterocycles. The van der Waals surface area contributed by atoms with Gasteiger partial charge in [0.05, 0.1) is 16.5 Å². The number of Topliss-reactive ketones (excluding diaryl/α,β-unsaturated/α-hetero) is 1. The van der Waals surface area contributed by atoms with E-state index in [0.717, 1.165) is 11.1 Å². The highest BCUT2D eigenvalue weighted by molar-refractivity contribution is 6.46. The maximum atomic E-state index is 13.0. The zero-order valence-electron chi connectivity index (χ0n) is 17.3. The van der Waals surface area contributed by atoms with Crippen LogP contribution in [0.1, 0.15) is 28.3 Å².